The first-order valence-electron chi connectivity index (χ1n) is 13.5. The molecule has 1 saturated heterocycles. The minimum Gasteiger partial charge on any atom is -0.380 e. The molecule has 0 aliphatic carbocycles. The third-order valence-electron chi connectivity index (χ3n) is 7.98. The first-order valence-corrected chi connectivity index (χ1v) is 13.5. The summed E-state index contributed by atoms with van der Waals surface area (Å²) in [5.74, 6) is 0.201. The van der Waals surface area contributed by atoms with Crippen molar-refractivity contribution in [2.45, 2.75) is 63.6 Å². The Kier molecular flexibility index (Phi) is 8.66. The van der Waals surface area contributed by atoms with E-state index in [-0.39, 0.29) is 17.4 Å². The summed E-state index contributed by atoms with van der Waals surface area (Å²) in [6.45, 7) is 9.86. The normalized spacial score (nSPS) is 16.7. The highest BCUT2D eigenvalue weighted by molar-refractivity contribution is 5.37. The summed E-state index contributed by atoms with van der Waals surface area (Å²) < 4.78 is 5.86. The van der Waals surface area contributed by atoms with Gasteiger partial charge in [-0.1, -0.05) is 106 Å². The highest BCUT2D eigenvalue weighted by atomic mass is 16.5. The lowest BCUT2D eigenvalue weighted by atomic mass is 9.72. The molecule has 0 saturated carbocycles. The fraction of sp³-hybridized carbons (Fsp3) is 0.455. The first-order chi connectivity index (χ1) is 17.3. The lowest BCUT2D eigenvalue weighted by Crippen LogP contribution is -2.44. The van der Waals surface area contributed by atoms with Gasteiger partial charge in [0.25, 0.3) is 0 Å². The van der Waals surface area contributed by atoms with Crippen molar-refractivity contribution in [2.75, 3.05) is 26.7 Å². The van der Waals surface area contributed by atoms with E-state index in [2.05, 4.69) is 74.2 Å². The van der Waals surface area contributed by atoms with Crippen LogP contribution < -0.4 is 0 Å². The van der Waals surface area contributed by atoms with Gasteiger partial charge in [0.05, 0.1) is 6.10 Å². The zero-order valence-corrected chi connectivity index (χ0v) is 22.5. The van der Waals surface area contributed by atoms with Gasteiger partial charge < -0.3 is 14.7 Å². The van der Waals surface area contributed by atoms with Crippen molar-refractivity contribution in [1.82, 2.24) is 4.90 Å². The molecule has 1 atom stereocenters. The highest BCUT2D eigenvalue weighted by Gasteiger charge is 2.41. The van der Waals surface area contributed by atoms with Crippen molar-refractivity contribution in [3.63, 3.8) is 0 Å². The molecule has 0 radical (unpaired) electrons. The molecule has 4 rings (SSSR count). The van der Waals surface area contributed by atoms with Crippen LogP contribution in [0.2, 0.25) is 0 Å². The fourth-order valence-corrected chi connectivity index (χ4v) is 5.72. The second kappa shape index (κ2) is 11.7. The minimum atomic E-state index is -0.949. The first kappa shape index (κ1) is 26.6. The van der Waals surface area contributed by atoms with Gasteiger partial charge in [-0.15, -0.1) is 0 Å². The molecule has 0 spiro atoms. The monoisotopic (exact) mass is 485 g/mol. The number of likely N-dealkylation sites (tertiary alicyclic amines) is 1. The van der Waals surface area contributed by atoms with E-state index in [1.54, 1.807) is 0 Å². The molecular weight excluding hydrogens is 442 g/mol. The van der Waals surface area contributed by atoms with Gasteiger partial charge in [-0.3, -0.25) is 0 Å². The van der Waals surface area contributed by atoms with Crippen molar-refractivity contribution in [3.8, 4) is 0 Å². The number of methoxy groups -OCH3 is 1. The van der Waals surface area contributed by atoms with E-state index in [1.165, 1.54) is 11.1 Å². The molecule has 3 heteroatoms. The Morgan fingerprint density at radius 1 is 0.806 bits per heavy atom. The summed E-state index contributed by atoms with van der Waals surface area (Å²) in [5, 5.41) is 12.1. The molecule has 3 aromatic carbocycles. The van der Waals surface area contributed by atoms with Gasteiger partial charge in [0.2, 0.25) is 0 Å². The number of aliphatic hydroxyl groups is 1. The quantitative estimate of drug-likeness (QED) is 0.351. The van der Waals surface area contributed by atoms with Gasteiger partial charge >= 0.3 is 0 Å². The summed E-state index contributed by atoms with van der Waals surface area (Å²) >= 11 is 0. The van der Waals surface area contributed by atoms with Gasteiger partial charge in [-0.05, 0) is 78.9 Å². The third kappa shape index (κ3) is 6.08. The molecule has 1 aliphatic rings. The third-order valence-corrected chi connectivity index (χ3v) is 7.98. The summed E-state index contributed by atoms with van der Waals surface area (Å²) in [6, 6.07) is 29.4. The van der Waals surface area contributed by atoms with Crippen LogP contribution >= 0.6 is 0 Å². The predicted octanol–water partition coefficient (Wildman–Crippen LogP) is 7.10. The van der Waals surface area contributed by atoms with Crippen LogP contribution in [-0.2, 0) is 15.8 Å². The molecule has 1 unspecified atom stereocenters. The average molecular weight is 486 g/mol. The largest absolute Gasteiger partial charge is 0.380 e. The van der Waals surface area contributed by atoms with E-state index in [0.717, 1.165) is 56.4 Å². The van der Waals surface area contributed by atoms with Crippen molar-refractivity contribution in [1.29, 1.82) is 0 Å². The van der Waals surface area contributed by atoms with Gasteiger partial charge in [0, 0.05) is 7.11 Å². The van der Waals surface area contributed by atoms with Crippen LogP contribution in [0.1, 0.15) is 74.8 Å². The summed E-state index contributed by atoms with van der Waals surface area (Å²) in [7, 11) is 1.82. The molecule has 0 amide bonds. The number of hydrogen-bond donors (Lipinski definition) is 1. The molecule has 36 heavy (non-hydrogen) atoms. The summed E-state index contributed by atoms with van der Waals surface area (Å²) in [5.41, 5.74) is 3.83. The van der Waals surface area contributed by atoms with Gasteiger partial charge in [0.1, 0.15) is 5.60 Å². The predicted molar refractivity (Wildman–Crippen MR) is 149 cm³/mol. The van der Waals surface area contributed by atoms with E-state index in [9.17, 15) is 5.11 Å². The smallest absolute Gasteiger partial charge is 0.117 e. The van der Waals surface area contributed by atoms with E-state index in [4.69, 9.17) is 4.74 Å². The lowest BCUT2D eigenvalue weighted by Gasteiger charge is -2.42. The Hall–Kier alpha value is -2.46. The number of ether oxygens (including phenoxy) is 1. The summed E-state index contributed by atoms with van der Waals surface area (Å²) in [4.78, 5) is 2.56. The number of nitrogens with zero attached hydrogens (tertiary/aromatic N) is 1. The molecule has 1 N–H and O–H groups in total. The standard InChI is InChI=1S/C33H43NO2/c1-32(2,3)27-19-17-26(18-20-27)31(36-4)16-11-23-34-24-21-30(22-25-34)33(35,28-12-7-5-8-13-28)29-14-9-6-10-15-29/h5-10,12-15,17-20,30-31,35H,11,16,21-25H2,1-4H3. The number of rotatable bonds is 9. The molecule has 192 valence electrons. The second-order valence-electron chi connectivity index (χ2n) is 11.4. The molecule has 1 heterocycles. The zero-order valence-electron chi connectivity index (χ0n) is 22.5. The minimum absolute atomic E-state index is 0.137. The van der Waals surface area contributed by atoms with Crippen LogP contribution in [-0.4, -0.2) is 36.8 Å². The Bertz CT molecular complexity index is 1010. The van der Waals surface area contributed by atoms with E-state index >= 15 is 0 Å². The van der Waals surface area contributed by atoms with Gasteiger partial charge in [-0.2, -0.15) is 0 Å². The number of benzene rings is 3. The van der Waals surface area contributed by atoms with Crippen molar-refractivity contribution >= 4 is 0 Å². The SMILES string of the molecule is COC(CCCN1CCC(C(O)(c2ccccc2)c2ccccc2)CC1)c1ccc(C(C)(C)C)cc1. The van der Waals surface area contributed by atoms with Crippen LogP contribution in [0.15, 0.2) is 84.9 Å². The van der Waals surface area contributed by atoms with Crippen LogP contribution in [0.5, 0.6) is 0 Å². The second-order valence-corrected chi connectivity index (χ2v) is 11.4. The molecule has 0 aromatic heterocycles. The van der Waals surface area contributed by atoms with Crippen LogP contribution in [0.4, 0.5) is 0 Å². The van der Waals surface area contributed by atoms with Gasteiger partial charge in [-0.25, -0.2) is 0 Å². The molecule has 1 fully saturated rings. The topological polar surface area (TPSA) is 32.7 Å². The molecule has 3 nitrogen and oxygen atoms in total. The van der Waals surface area contributed by atoms with Crippen molar-refractivity contribution < 1.29 is 9.84 Å². The van der Waals surface area contributed by atoms with E-state index < -0.39 is 5.60 Å². The zero-order chi connectivity index (χ0) is 25.6. The molecule has 3 aromatic rings. The van der Waals surface area contributed by atoms with Crippen LogP contribution in [0, 0.1) is 5.92 Å². The Morgan fingerprint density at radius 2 is 1.33 bits per heavy atom. The maximum atomic E-state index is 12.1. The molecule has 1 aliphatic heterocycles. The van der Waals surface area contributed by atoms with Crippen molar-refractivity contribution in [2.24, 2.45) is 5.92 Å². The highest BCUT2D eigenvalue weighted by Crippen LogP contribution is 2.42. The number of hydrogen-bond acceptors (Lipinski definition) is 3. The Balaban J connectivity index is 1.34. The van der Waals surface area contributed by atoms with Crippen LogP contribution in [0.3, 0.4) is 0 Å². The van der Waals surface area contributed by atoms with Crippen molar-refractivity contribution in [3.05, 3.63) is 107 Å². The lowest BCUT2D eigenvalue weighted by molar-refractivity contribution is -0.0148. The Labute approximate surface area is 218 Å². The number of piperidine rings is 1. The molecular formula is C33H43NO2. The molecule has 0 bridgehead atoms. The van der Waals surface area contributed by atoms with E-state index in [1.807, 2.05) is 43.5 Å². The fourth-order valence-electron chi connectivity index (χ4n) is 5.72. The van der Waals surface area contributed by atoms with Gasteiger partial charge in [0.15, 0.2) is 0 Å². The summed E-state index contributed by atoms with van der Waals surface area (Å²) in [6.07, 6.45) is 4.23. The maximum absolute atomic E-state index is 12.1. The maximum Gasteiger partial charge on any atom is 0.117 e. The average Bonchev–Trinajstić information content (AvgIpc) is 2.91. The Morgan fingerprint density at radius 3 is 1.81 bits per heavy atom. The van der Waals surface area contributed by atoms with Crippen LogP contribution in [0.25, 0.3) is 0 Å². The van der Waals surface area contributed by atoms with E-state index in [0.29, 0.717) is 0 Å².